The number of pyridine rings is 1. The number of furan rings is 1. The summed E-state index contributed by atoms with van der Waals surface area (Å²) in [5, 5.41) is 10.9. The lowest BCUT2D eigenvalue weighted by atomic mass is 9.92. The minimum Gasteiger partial charge on any atom is -0.507 e. The molecule has 1 unspecified atom stereocenters. The molecule has 1 N–H and O–H groups in total. The van der Waals surface area contributed by atoms with Gasteiger partial charge in [-0.2, -0.15) is 0 Å². The molecular weight excluding hydrogens is 392 g/mol. The van der Waals surface area contributed by atoms with Crippen LogP contribution in [0.25, 0.3) is 0 Å². The number of rotatable bonds is 6. The van der Waals surface area contributed by atoms with E-state index in [0.717, 1.165) is 37.2 Å². The summed E-state index contributed by atoms with van der Waals surface area (Å²) in [4.78, 5) is 16.0. The smallest absolute Gasteiger partial charge is 0.260 e. The van der Waals surface area contributed by atoms with Crippen molar-refractivity contribution in [3.8, 4) is 11.5 Å². The summed E-state index contributed by atoms with van der Waals surface area (Å²) in [6, 6.07) is 12.8. The van der Waals surface area contributed by atoms with E-state index in [-0.39, 0.29) is 17.4 Å². The van der Waals surface area contributed by atoms with E-state index in [4.69, 9.17) is 9.15 Å². The normalized spacial score (nSPS) is 16.4. The van der Waals surface area contributed by atoms with Crippen LogP contribution in [0.2, 0.25) is 0 Å². The Morgan fingerprint density at radius 1 is 1.19 bits per heavy atom. The third-order valence-electron chi connectivity index (χ3n) is 6.31. The number of benzene rings is 1. The van der Waals surface area contributed by atoms with E-state index in [1.165, 1.54) is 0 Å². The van der Waals surface area contributed by atoms with Gasteiger partial charge in [-0.3, -0.25) is 9.69 Å². The highest BCUT2D eigenvalue weighted by molar-refractivity contribution is 5.42. The topological polar surface area (TPSA) is 67.8 Å². The standard InChI is InChI=1S/C25H30N2O4/c1-17-10-12-26(13-11-17)24(19-6-8-20(30-3)9-7-19)23-22(28)15-18(2)27(25(23)29)16-21-5-4-14-31-21/h4-9,14-15,17,24,28H,10-13,16H2,1-3H3. The molecule has 0 saturated carbocycles. The van der Waals surface area contributed by atoms with Crippen molar-refractivity contribution in [1.29, 1.82) is 0 Å². The number of hydrogen-bond acceptors (Lipinski definition) is 5. The Labute approximate surface area is 182 Å². The van der Waals surface area contributed by atoms with Crippen LogP contribution in [-0.2, 0) is 6.54 Å². The molecule has 1 aliphatic rings. The zero-order chi connectivity index (χ0) is 22.0. The second kappa shape index (κ2) is 9.02. The molecule has 1 aliphatic heterocycles. The summed E-state index contributed by atoms with van der Waals surface area (Å²) in [5.41, 5.74) is 1.89. The van der Waals surface area contributed by atoms with E-state index in [1.54, 1.807) is 24.0 Å². The molecule has 0 amide bonds. The van der Waals surface area contributed by atoms with Crippen LogP contribution in [0.4, 0.5) is 0 Å². The number of ether oxygens (including phenoxy) is 1. The number of hydrogen-bond donors (Lipinski definition) is 1. The van der Waals surface area contributed by atoms with Crippen molar-refractivity contribution < 1.29 is 14.3 Å². The second-order valence-electron chi connectivity index (χ2n) is 8.45. The Bertz CT molecular complexity index is 1060. The van der Waals surface area contributed by atoms with Gasteiger partial charge in [0.2, 0.25) is 0 Å². The molecule has 1 aromatic carbocycles. The number of aromatic hydroxyl groups is 1. The predicted molar refractivity (Wildman–Crippen MR) is 120 cm³/mol. The number of aromatic nitrogens is 1. The number of methoxy groups -OCH3 is 1. The predicted octanol–water partition coefficient (Wildman–Crippen LogP) is 4.33. The second-order valence-corrected chi connectivity index (χ2v) is 8.45. The first-order valence-electron chi connectivity index (χ1n) is 10.8. The maximum Gasteiger partial charge on any atom is 0.260 e. The lowest BCUT2D eigenvalue weighted by Gasteiger charge is -2.37. The van der Waals surface area contributed by atoms with Crippen LogP contribution in [-0.4, -0.2) is 34.8 Å². The fourth-order valence-electron chi connectivity index (χ4n) is 4.41. The van der Waals surface area contributed by atoms with Crippen molar-refractivity contribution in [2.45, 2.75) is 39.3 Å². The Morgan fingerprint density at radius 2 is 1.90 bits per heavy atom. The maximum absolute atomic E-state index is 13.7. The highest BCUT2D eigenvalue weighted by Gasteiger charge is 2.31. The van der Waals surface area contributed by atoms with Crippen LogP contribution in [0, 0.1) is 12.8 Å². The Morgan fingerprint density at radius 3 is 2.52 bits per heavy atom. The van der Waals surface area contributed by atoms with E-state index >= 15 is 0 Å². The summed E-state index contributed by atoms with van der Waals surface area (Å²) in [6.07, 6.45) is 3.74. The summed E-state index contributed by atoms with van der Waals surface area (Å²) < 4.78 is 12.5. The van der Waals surface area contributed by atoms with Crippen molar-refractivity contribution in [3.63, 3.8) is 0 Å². The summed E-state index contributed by atoms with van der Waals surface area (Å²) in [7, 11) is 1.64. The van der Waals surface area contributed by atoms with Gasteiger partial charge in [-0.25, -0.2) is 0 Å². The first-order chi connectivity index (χ1) is 15.0. The Kier molecular flexibility index (Phi) is 6.18. The number of nitrogens with zero attached hydrogens (tertiary/aromatic N) is 2. The van der Waals surface area contributed by atoms with Crippen LogP contribution in [0.5, 0.6) is 11.5 Å². The van der Waals surface area contributed by atoms with Gasteiger partial charge in [0.25, 0.3) is 5.56 Å². The van der Waals surface area contributed by atoms with Gasteiger partial charge < -0.3 is 18.8 Å². The van der Waals surface area contributed by atoms with Gasteiger partial charge in [0.05, 0.1) is 31.5 Å². The molecule has 4 rings (SSSR count). The molecule has 6 heteroatoms. The first-order valence-corrected chi connectivity index (χ1v) is 10.8. The van der Waals surface area contributed by atoms with Crippen molar-refractivity contribution in [2.75, 3.05) is 20.2 Å². The quantitative estimate of drug-likeness (QED) is 0.640. The molecule has 164 valence electrons. The van der Waals surface area contributed by atoms with Crippen LogP contribution < -0.4 is 10.3 Å². The van der Waals surface area contributed by atoms with Crippen molar-refractivity contribution in [1.82, 2.24) is 9.47 Å². The van der Waals surface area contributed by atoms with E-state index < -0.39 is 0 Å². The van der Waals surface area contributed by atoms with Crippen LogP contribution in [0.1, 0.15) is 48.4 Å². The van der Waals surface area contributed by atoms with E-state index in [1.807, 2.05) is 43.3 Å². The molecule has 3 aromatic rings. The number of aryl methyl sites for hydroxylation is 1. The molecule has 3 heterocycles. The number of piperidine rings is 1. The molecule has 0 aliphatic carbocycles. The molecule has 1 atom stereocenters. The molecule has 0 radical (unpaired) electrons. The minimum atomic E-state index is -0.325. The molecule has 0 bridgehead atoms. The fourth-order valence-corrected chi connectivity index (χ4v) is 4.41. The van der Waals surface area contributed by atoms with E-state index in [9.17, 15) is 9.90 Å². The third kappa shape index (κ3) is 4.39. The van der Waals surface area contributed by atoms with Gasteiger partial charge in [0.15, 0.2) is 0 Å². The molecule has 1 fully saturated rings. The van der Waals surface area contributed by atoms with Crippen LogP contribution in [0.3, 0.4) is 0 Å². The molecule has 0 spiro atoms. The average Bonchev–Trinajstić information content (AvgIpc) is 3.28. The zero-order valence-electron chi connectivity index (χ0n) is 18.4. The van der Waals surface area contributed by atoms with Crippen molar-refractivity contribution in [3.05, 3.63) is 81.7 Å². The van der Waals surface area contributed by atoms with E-state index in [0.29, 0.717) is 29.5 Å². The lowest BCUT2D eigenvalue weighted by molar-refractivity contribution is 0.154. The van der Waals surface area contributed by atoms with Gasteiger partial charge in [-0.1, -0.05) is 19.1 Å². The van der Waals surface area contributed by atoms with E-state index in [2.05, 4.69) is 11.8 Å². The maximum atomic E-state index is 13.7. The van der Waals surface area contributed by atoms with Gasteiger partial charge in [0, 0.05) is 5.69 Å². The average molecular weight is 423 g/mol. The van der Waals surface area contributed by atoms with Gasteiger partial charge in [0.1, 0.15) is 17.3 Å². The monoisotopic (exact) mass is 422 g/mol. The summed E-state index contributed by atoms with van der Waals surface area (Å²) in [6.45, 7) is 6.18. The molecule has 6 nitrogen and oxygen atoms in total. The Hall–Kier alpha value is -2.99. The van der Waals surface area contributed by atoms with Crippen LogP contribution >= 0.6 is 0 Å². The van der Waals surface area contributed by atoms with Gasteiger partial charge >= 0.3 is 0 Å². The van der Waals surface area contributed by atoms with Crippen LogP contribution in [0.15, 0.2) is 57.9 Å². The summed E-state index contributed by atoms with van der Waals surface area (Å²) >= 11 is 0. The molecule has 1 saturated heterocycles. The Balaban J connectivity index is 1.82. The van der Waals surface area contributed by atoms with Crippen molar-refractivity contribution in [2.24, 2.45) is 5.92 Å². The summed E-state index contributed by atoms with van der Waals surface area (Å²) in [5.74, 6) is 2.17. The molecule has 31 heavy (non-hydrogen) atoms. The third-order valence-corrected chi connectivity index (χ3v) is 6.31. The molecule has 2 aromatic heterocycles. The minimum absolute atomic E-state index is 0.0395. The molecular formula is C25H30N2O4. The van der Waals surface area contributed by atoms with Gasteiger partial charge in [-0.15, -0.1) is 0 Å². The first kappa shape index (κ1) is 21.2. The lowest BCUT2D eigenvalue weighted by Crippen LogP contribution is -2.40. The zero-order valence-corrected chi connectivity index (χ0v) is 18.4. The SMILES string of the molecule is COc1ccc(C(c2c(O)cc(C)n(Cc3ccco3)c2=O)N2CCC(C)CC2)cc1. The van der Waals surface area contributed by atoms with Gasteiger partial charge in [-0.05, 0) is 74.7 Å². The number of likely N-dealkylation sites (tertiary alicyclic amines) is 1. The highest BCUT2D eigenvalue weighted by atomic mass is 16.5. The largest absolute Gasteiger partial charge is 0.507 e. The fraction of sp³-hybridized carbons (Fsp3) is 0.400. The highest BCUT2D eigenvalue weighted by Crippen LogP contribution is 2.35. The van der Waals surface area contributed by atoms with Crippen molar-refractivity contribution >= 4 is 0 Å².